The van der Waals surface area contributed by atoms with Crippen LogP contribution in [-0.4, -0.2) is 32.6 Å². The Kier molecular flexibility index (Phi) is 4.05. The van der Waals surface area contributed by atoms with E-state index >= 15 is 0 Å². The second-order valence-corrected chi connectivity index (χ2v) is 3.61. The van der Waals surface area contributed by atoms with Gasteiger partial charge < -0.3 is 15.4 Å². The molecule has 0 amide bonds. The van der Waals surface area contributed by atoms with Crippen LogP contribution in [0.2, 0.25) is 0 Å². The smallest absolute Gasteiger partial charge is 0.165 e. The topological polar surface area (TPSA) is 38.5 Å². The molecule has 0 spiro atoms. The van der Waals surface area contributed by atoms with Gasteiger partial charge in [0.05, 0.1) is 7.11 Å². The first kappa shape index (κ1) is 11.9. The van der Waals surface area contributed by atoms with E-state index in [1.165, 1.54) is 13.2 Å². The molecule has 0 saturated heterocycles. The van der Waals surface area contributed by atoms with Crippen molar-refractivity contribution in [1.29, 1.82) is 0 Å². The summed E-state index contributed by atoms with van der Waals surface area (Å²) in [6, 6.07) is 4.96. The summed E-state index contributed by atoms with van der Waals surface area (Å²) in [6.07, 6.45) is 0. The van der Waals surface area contributed by atoms with E-state index in [0.717, 1.165) is 5.56 Å². The number of methoxy groups -OCH3 is 1. The van der Waals surface area contributed by atoms with Crippen LogP contribution in [0.5, 0.6) is 5.75 Å². The van der Waals surface area contributed by atoms with E-state index in [0.29, 0.717) is 6.54 Å². The third-order valence-corrected chi connectivity index (χ3v) is 2.41. The average Bonchev–Trinajstić information content (AvgIpc) is 2.18. The van der Waals surface area contributed by atoms with E-state index in [1.54, 1.807) is 6.07 Å². The van der Waals surface area contributed by atoms with Gasteiger partial charge >= 0.3 is 0 Å². The summed E-state index contributed by atoms with van der Waals surface area (Å²) >= 11 is 0. The number of nitrogens with zero attached hydrogens (tertiary/aromatic N) is 1. The normalized spacial score (nSPS) is 12.9. The fourth-order valence-electron chi connectivity index (χ4n) is 1.53. The molecule has 1 aromatic carbocycles. The molecule has 0 aliphatic carbocycles. The second-order valence-electron chi connectivity index (χ2n) is 3.61. The summed E-state index contributed by atoms with van der Waals surface area (Å²) in [6.45, 7) is 0.457. The molecule has 4 heteroatoms. The van der Waals surface area contributed by atoms with Gasteiger partial charge in [0.25, 0.3) is 0 Å². The van der Waals surface area contributed by atoms with Crippen LogP contribution in [-0.2, 0) is 0 Å². The number of nitrogens with two attached hydrogens (primary N) is 1. The second kappa shape index (κ2) is 5.09. The van der Waals surface area contributed by atoms with Crippen LogP contribution in [0.1, 0.15) is 11.6 Å². The maximum Gasteiger partial charge on any atom is 0.165 e. The fraction of sp³-hybridized carbons (Fsp3) is 0.455. The Morgan fingerprint density at radius 1 is 1.47 bits per heavy atom. The molecule has 3 nitrogen and oxygen atoms in total. The minimum absolute atomic E-state index is 0.0328. The van der Waals surface area contributed by atoms with E-state index < -0.39 is 0 Å². The molecule has 0 bridgehead atoms. The van der Waals surface area contributed by atoms with Crippen molar-refractivity contribution in [3.8, 4) is 5.75 Å². The van der Waals surface area contributed by atoms with Crippen molar-refractivity contribution in [1.82, 2.24) is 4.90 Å². The summed E-state index contributed by atoms with van der Waals surface area (Å²) in [4.78, 5) is 1.96. The van der Waals surface area contributed by atoms with Crippen LogP contribution >= 0.6 is 0 Å². The number of benzene rings is 1. The number of likely N-dealkylation sites (N-methyl/N-ethyl adjacent to an activating group) is 1. The van der Waals surface area contributed by atoms with E-state index in [9.17, 15) is 4.39 Å². The van der Waals surface area contributed by atoms with Gasteiger partial charge in [-0.3, -0.25) is 0 Å². The lowest BCUT2D eigenvalue weighted by Crippen LogP contribution is -2.27. The minimum Gasteiger partial charge on any atom is -0.494 e. The van der Waals surface area contributed by atoms with Crippen LogP contribution in [0.4, 0.5) is 4.39 Å². The van der Waals surface area contributed by atoms with Gasteiger partial charge in [-0.05, 0) is 31.8 Å². The molecule has 2 N–H and O–H groups in total. The molecule has 0 radical (unpaired) electrons. The van der Waals surface area contributed by atoms with Crippen molar-refractivity contribution in [3.05, 3.63) is 29.6 Å². The maximum atomic E-state index is 13.4. The lowest BCUT2D eigenvalue weighted by atomic mass is 10.1. The average molecular weight is 212 g/mol. The summed E-state index contributed by atoms with van der Waals surface area (Å²) in [5.41, 5.74) is 6.49. The number of hydrogen-bond acceptors (Lipinski definition) is 3. The number of halogens is 1. The number of hydrogen-bond donors (Lipinski definition) is 1. The van der Waals surface area contributed by atoms with Gasteiger partial charge in [0.15, 0.2) is 11.6 Å². The zero-order valence-corrected chi connectivity index (χ0v) is 9.33. The highest BCUT2D eigenvalue weighted by Gasteiger charge is 2.14. The van der Waals surface area contributed by atoms with E-state index in [-0.39, 0.29) is 17.6 Å². The van der Waals surface area contributed by atoms with Gasteiger partial charge in [0.1, 0.15) is 0 Å². The van der Waals surface area contributed by atoms with Crippen molar-refractivity contribution in [3.63, 3.8) is 0 Å². The predicted octanol–water partition coefficient (Wildman–Crippen LogP) is 1.40. The van der Waals surface area contributed by atoms with Gasteiger partial charge in [-0.15, -0.1) is 0 Å². The molecule has 15 heavy (non-hydrogen) atoms. The van der Waals surface area contributed by atoms with Crippen molar-refractivity contribution < 1.29 is 9.13 Å². The first-order valence-corrected chi connectivity index (χ1v) is 4.80. The Bertz CT molecular complexity index is 328. The van der Waals surface area contributed by atoms with Gasteiger partial charge in [0.2, 0.25) is 0 Å². The lowest BCUT2D eigenvalue weighted by Gasteiger charge is -2.23. The molecule has 0 aliphatic heterocycles. The highest BCUT2D eigenvalue weighted by atomic mass is 19.1. The molecule has 84 valence electrons. The van der Waals surface area contributed by atoms with Gasteiger partial charge in [0, 0.05) is 12.6 Å². The van der Waals surface area contributed by atoms with Gasteiger partial charge in [-0.25, -0.2) is 4.39 Å². The van der Waals surface area contributed by atoms with Gasteiger partial charge in [-0.1, -0.05) is 6.07 Å². The molecule has 1 unspecified atom stereocenters. The maximum absolute atomic E-state index is 13.4. The van der Waals surface area contributed by atoms with Crippen LogP contribution in [0.3, 0.4) is 0 Å². The first-order valence-electron chi connectivity index (χ1n) is 4.80. The van der Waals surface area contributed by atoms with E-state index in [4.69, 9.17) is 10.5 Å². The van der Waals surface area contributed by atoms with E-state index in [2.05, 4.69) is 0 Å². The third kappa shape index (κ3) is 2.67. The molecule has 0 aliphatic rings. The Morgan fingerprint density at radius 3 is 2.53 bits per heavy atom. The lowest BCUT2D eigenvalue weighted by molar-refractivity contribution is 0.304. The Morgan fingerprint density at radius 2 is 2.13 bits per heavy atom. The Labute approximate surface area is 89.6 Å². The number of rotatable bonds is 4. The van der Waals surface area contributed by atoms with Crippen molar-refractivity contribution >= 4 is 0 Å². The molecular weight excluding hydrogens is 195 g/mol. The minimum atomic E-state index is -0.352. The Hall–Kier alpha value is -1.13. The highest BCUT2D eigenvalue weighted by molar-refractivity contribution is 5.31. The molecule has 1 atom stereocenters. The van der Waals surface area contributed by atoms with Gasteiger partial charge in [-0.2, -0.15) is 0 Å². The molecule has 0 aromatic heterocycles. The SMILES string of the molecule is COc1ccc(C(CN)N(C)C)cc1F. The molecule has 0 fully saturated rings. The quantitative estimate of drug-likeness (QED) is 0.819. The zero-order chi connectivity index (χ0) is 11.4. The van der Waals surface area contributed by atoms with Crippen molar-refractivity contribution in [2.75, 3.05) is 27.7 Å². The molecule has 0 heterocycles. The molecule has 0 saturated carbocycles. The first-order chi connectivity index (χ1) is 7.10. The summed E-state index contributed by atoms with van der Waals surface area (Å²) in [5, 5.41) is 0. The van der Waals surface area contributed by atoms with Crippen LogP contribution in [0, 0.1) is 5.82 Å². The standard InChI is InChI=1S/C11H17FN2O/c1-14(2)10(7-13)8-4-5-11(15-3)9(12)6-8/h4-6,10H,7,13H2,1-3H3. The summed E-state index contributed by atoms with van der Waals surface area (Å²) < 4.78 is 18.3. The monoisotopic (exact) mass is 212 g/mol. The molecule has 1 rings (SSSR count). The fourth-order valence-corrected chi connectivity index (χ4v) is 1.53. The largest absolute Gasteiger partial charge is 0.494 e. The number of ether oxygens (including phenoxy) is 1. The summed E-state index contributed by atoms with van der Waals surface area (Å²) in [7, 11) is 5.28. The van der Waals surface area contributed by atoms with Crippen LogP contribution in [0.25, 0.3) is 0 Å². The third-order valence-electron chi connectivity index (χ3n) is 2.41. The summed E-state index contributed by atoms with van der Waals surface area (Å²) in [5.74, 6) is -0.0939. The van der Waals surface area contributed by atoms with Crippen LogP contribution < -0.4 is 10.5 Å². The zero-order valence-electron chi connectivity index (χ0n) is 9.33. The van der Waals surface area contributed by atoms with Crippen molar-refractivity contribution in [2.24, 2.45) is 5.73 Å². The predicted molar refractivity (Wildman–Crippen MR) is 58.4 cm³/mol. The highest BCUT2D eigenvalue weighted by Crippen LogP contribution is 2.23. The van der Waals surface area contributed by atoms with Crippen LogP contribution in [0.15, 0.2) is 18.2 Å². The van der Waals surface area contributed by atoms with E-state index in [1.807, 2.05) is 25.1 Å². The van der Waals surface area contributed by atoms with Crippen molar-refractivity contribution in [2.45, 2.75) is 6.04 Å². The molecular formula is C11H17FN2O. The molecule has 1 aromatic rings. The Balaban J connectivity index is 3.00.